The van der Waals surface area contributed by atoms with E-state index in [0.29, 0.717) is 0 Å². The molecule has 0 atom stereocenters. The lowest BCUT2D eigenvalue weighted by molar-refractivity contribution is 0.0958. The Morgan fingerprint density at radius 2 is 1.94 bits per heavy atom. The number of anilines is 4. The molecular weight excluding hydrogens is 432 g/mol. The molecule has 1 amide bonds. The molecule has 3 rings (SSSR count). The van der Waals surface area contributed by atoms with Crippen LogP contribution >= 0.6 is 0 Å². The van der Waals surface area contributed by atoms with Crippen molar-refractivity contribution in [1.82, 2.24) is 25.5 Å². The third-order valence-electron chi connectivity index (χ3n) is 3.84. The van der Waals surface area contributed by atoms with Crippen molar-refractivity contribution in [3.8, 4) is 0 Å². The molecule has 0 aliphatic carbocycles. The second kappa shape index (κ2) is 8.95. The number of hydrogen-bond donors (Lipinski definition) is 3. The van der Waals surface area contributed by atoms with Crippen molar-refractivity contribution in [2.75, 3.05) is 23.9 Å². The van der Waals surface area contributed by atoms with Crippen LogP contribution in [0.25, 0.3) is 0 Å². The highest BCUT2D eigenvalue weighted by Crippen LogP contribution is 2.26. The molecule has 0 unspecified atom stereocenters. The number of hydrogen-bond acceptors (Lipinski definition) is 9. The van der Waals surface area contributed by atoms with E-state index in [0.717, 1.165) is 18.5 Å². The fourth-order valence-electron chi connectivity index (χ4n) is 2.43. The summed E-state index contributed by atoms with van der Waals surface area (Å²) in [4.78, 5) is 20.1. The normalized spacial score (nSPS) is 13.1. The van der Waals surface area contributed by atoms with Crippen LogP contribution in [0, 0.1) is 0 Å². The van der Waals surface area contributed by atoms with Gasteiger partial charge in [0.1, 0.15) is 16.5 Å². The lowest BCUT2D eigenvalue weighted by Crippen LogP contribution is -2.22. The van der Waals surface area contributed by atoms with E-state index in [1.807, 2.05) is 0 Å². The highest BCUT2D eigenvalue weighted by Gasteiger charge is 2.19. The molecule has 0 aliphatic heterocycles. The molecule has 0 bridgehead atoms. The Morgan fingerprint density at radius 1 is 1.13 bits per heavy atom. The summed E-state index contributed by atoms with van der Waals surface area (Å²) in [7, 11) is -3.72. The van der Waals surface area contributed by atoms with E-state index in [-0.39, 0.29) is 33.6 Å². The molecule has 0 aromatic carbocycles. The van der Waals surface area contributed by atoms with Gasteiger partial charge in [0.15, 0.2) is 21.3 Å². The van der Waals surface area contributed by atoms with Crippen LogP contribution in [0.1, 0.15) is 26.6 Å². The average molecular weight is 452 g/mol. The summed E-state index contributed by atoms with van der Waals surface area (Å²) in [6.45, 7) is -2.83. The number of halogens is 2. The second-order valence-corrected chi connectivity index (χ2v) is 8.08. The summed E-state index contributed by atoms with van der Waals surface area (Å²) >= 11 is 0. The fourth-order valence-corrected chi connectivity index (χ4v) is 3.21. The van der Waals surface area contributed by atoms with E-state index in [1.54, 1.807) is 5.32 Å². The lowest BCUT2D eigenvalue weighted by Gasteiger charge is -2.13. The maximum atomic E-state index is 12.7. The molecule has 162 valence electrons. The highest BCUT2D eigenvalue weighted by atomic mass is 32.2. The van der Waals surface area contributed by atoms with Crippen molar-refractivity contribution in [3.05, 3.63) is 54.0 Å². The van der Waals surface area contributed by atoms with Crippen molar-refractivity contribution in [2.45, 2.75) is 11.3 Å². The first-order valence-corrected chi connectivity index (χ1v) is 10.4. The number of rotatable bonds is 7. The van der Waals surface area contributed by atoms with Gasteiger partial charge in [0.05, 0.1) is 5.69 Å². The lowest BCUT2D eigenvalue weighted by atomic mass is 10.2. The van der Waals surface area contributed by atoms with Gasteiger partial charge in [-0.25, -0.2) is 27.2 Å². The third-order valence-corrected chi connectivity index (χ3v) is 4.97. The van der Waals surface area contributed by atoms with Crippen LogP contribution in [0.5, 0.6) is 0 Å². The van der Waals surface area contributed by atoms with Gasteiger partial charge in [-0.1, -0.05) is 0 Å². The van der Waals surface area contributed by atoms with Crippen molar-refractivity contribution in [1.29, 1.82) is 0 Å². The summed E-state index contributed by atoms with van der Waals surface area (Å²) in [5.41, 5.74) is -0.890. The minimum absolute atomic E-state index is 0.0120. The van der Waals surface area contributed by atoms with Crippen LogP contribution in [-0.4, -0.2) is 47.7 Å². The number of carbonyl (C=O) groups excluding carboxylic acids is 1. The molecule has 0 spiro atoms. The smallest absolute Gasteiger partial charge is 0.273 e. The number of amides is 1. The molecule has 3 aromatic heterocycles. The van der Waals surface area contributed by atoms with Gasteiger partial charge in [0.2, 0.25) is 0 Å². The van der Waals surface area contributed by atoms with Crippen LogP contribution in [0.3, 0.4) is 0 Å². The van der Waals surface area contributed by atoms with Crippen molar-refractivity contribution in [2.24, 2.45) is 0 Å². The topological polar surface area (TPSA) is 139 Å². The van der Waals surface area contributed by atoms with E-state index >= 15 is 0 Å². The maximum absolute atomic E-state index is 12.7. The zero-order chi connectivity index (χ0) is 25.1. The standard InChI is InChI=1S/C18H17F2N7O3S/c1-21-18(28)15-11(24-17-12(31(2,29)30)4-3-7-22-17)8-14(26-27-15)25-13-6-5-10(9-23-13)16(19)20/h3-9,16H,1-2H3,(H,21,28)(H2,22,23,24,25,26)/i1D3. The van der Waals surface area contributed by atoms with Gasteiger partial charge >= 0.3 is 0 Å². The van der Waals surface area contributed by atoms with Crippen LogP contribution < -0.4 is 16.0 Å². The molecule has 31 heavy (non-hydrogen) atoms. The van der Waals surface area contributed by atoms with E-state index in [2.05, 4.69) is 30.8 Å². The zero-order valence-corrected chi connectivity index (χ0v) is 16.6. The third kappa shape index (κ3) is 5.25. The van der Waals surface area contributed by atoms with E-state index < -0.39 is 34.8 Å². The van der Waals surface area contributed by atoms with Crippen LogP contribution in [-0.2, 0) is 9.84 Å². The average Bonchev–Trinajstić information content (AvgIpc) is 2.72. The van der Waals surface area contributed by atoms with Gasteiger partial charge in [-0.3, -0.25) is 4.79 Å². The van der Waals surface area contributed by atoms with Crippen molar-refractivity contribution < 1.29 is 26.1 Å². The number of nitrogens with zero attached hydrogens (tertiary/aromatic N) is 4. The molecule has 3 aromatic rings. The van der Waals surface area contributed by atoms with E-state index in [9.17, 15) is 22.0 Å². The predicted molar refractivity (Wildman–Crippen MR) is 109 cm³/mol. The summed E-state index contributed by atoms with van der Waals surface area (Å²) < 4.78 is 71.3. The highest BCUT2D eigenvalue weighted by molar-refractivity contribution is 7.90. The number of sulfone groups is 1. The number of pyridine rings is 2. The monoisotopic (exact) mass is 452 g/mol. The zero-order valence-electron chi connectivity index (χ0n) is 18.8. The Morgan fingerprint density at radius 3 is 2.58 bits per heavy atom. The predicted octanol–water partition coefficient (Wildman–Crippen LogP) is 2.45. The van der Waals surface area contributed by atoms with Crippen molar-refractivity contribution >= 4 is 38.9 Å². The molecule has 3 N–H and O–H groups in total. The summed E-state index contributed by atoms with van der Waals surface area (Å²) in [6, 6.07) is 6.33. The van der Waals surface area contributed by atoms with E-state index in [1.165, 1.54) is 30.5 Å². The second-order valence-electron chi connectivity index (χ2n) is 6.10. The largest absolute Gasteiger partial charge is 0.354 e. The minimum Gasteiger partial charge on any atom is -0.354 e. The first kappa shape index (κ1) is 18.1. The minimum atomic E-state index is -3.72. The summed E-state index contributed by atoms with van der Waals surface area (Å²) in [6.07, 6.45) is 0.533. The Kier molecular flexibility index (Phi) is 5.22. The molecule has 0 fully saturated rings. The number of carbonyl (C=O) groups is 1. The van der Waals surface area contributed by atoms with Crippen LogP contribution in [0.2, 0.25) is 0 Å². The van der Waals surface area contributed by atoms with E-state index in [4.69, 9.17) is 4.11 Å². The quantitative estimate of drug-likeness (QED) is 0.493. The van der Waals surface area contributed by atoms with Gasteiger partial charge in [0, 0.05) is 41.4 Å². The Bertz CT molecular complexity index is 1310. The molecule has 0 saturated heterocycles. The Balaban J connectivity index is 2.01. The molecule has 10 nitrogen and oxygen atoms in total. The Labute approximate surface area is 180 Å². The van der Waals surface area contributed by atoms with Gasteiger partial charge in [-0.15, -0.1) is 10.2 Å². The Hall–Kier alpha value is -3.74. The SMILES string of the molecule is [2H]C([2H])([2H])NC(=O)c1nnc(Nc2ccc(C(F)F)cn2)cc1Nc1ncccc1S(C)(=O)=O. The molecule has 0 saturated carbocycles. The molecule has 0 aliphatic rings. The fraction of sp³-hybridized carbons (Fsp3) is 0.167. The van der Waals surface area contributed by atoms with Crippen LogP contribution in [0.15, 0.2) is 47.6 Å². The first-order chi connectivity index (χ1) is 15.8. The molecular formula is C18H17F2N7O3S. The number of nitrogens with one attached hydrogen (secondary N) is 3. The van der Waals surface area contributed by atoms with Gasteiger partial charge in [0.25, 0.3) is 12.3 Å². The molecule has 3 heterocycles. The summed E-state index contributed by atoms with van der Waals surface area (Å²) in [5, 5.41) is 14.7. The number of alkyl halides is 2. The van der Waals surface area contributed by atoms with Gasteiger partial charge < -0.3 is 16.0 Å². The number of aromatic nitrogens is 4. The van der Waals surface area contributed by atoms with Crippen molar-refractivity contribution in [3.63, 3.8) is 0 Å². The van der Waals surface area contributed by atoms with Gasteiger partial charge in [-0.2, -0.15) is 0 Å². The summed E-state index contributed by atoms with van der Waals surface area (Å²) in [5.74, 6) is -1.15. The molecule has 0 radical (unpaired) electrons. The van der Waals surface area contributed by atoms with Crippen LogP contribution in [0.4, 0.5) is 31.9 Å². The maximum Gasteiger partial charge on any atom is 0.273 e. The first-order valence-electron chi connectivity index (χ1n) is 9.97. The van der Waals surface area contributed by atoms with Gasteiger partial charge in [-0.05, 0) is 24.3 Å². The molecule has 13 heteroatoms.